The first-order valence-electron chi connectivity index (χ1n) is 6.83. The van der Waals surface area contributed by atoms with Crippen LogP contribution in [0, 0.1) is 0 Å². The molecule has 18 heavy (non-hydrogen) atoms. The van der Waals surface area contributed by atoms with Gasteiger partial charge in [0.05, 0.1) is 6.04 Å². The van der Waals surface area contributed by atoms with Gasteiger partial charge in [-0.25, -0.2) is 4.39 Å². The zero-order valence-electron chi connectivity index (χ0n) is 11.3. The summed E-state index contributed by atoms with van der Waals surface area (Å²) in [7, 11) is 0. The highest BCUT2D eigenvalue weighted by molar-refractivity contribution is 5.27. The van der Waals surface area contributed by atoms with E-state index < -0.39 is 0 Å². The Labute approximate surface area is 109 Å². The second-order valence-electron chi connectivity index (χ2n) is 5.28. The summed E-state index contributed by atoms with van der Waals surface area (Å²) in [5, 5.41) is 3.31. The molecule has 0 unspecified atom stereocenters. The van der Waals surface area contributed by atoms with E-state index in [1.54, 1.807) is 0 Å². The van der Waals surface area contributed by atoms with E-state index in [2.05, 4.69) is 48.3 Å². The summed E-state index contributed by atoms with van der Waals surface area (Å²) in [6.07, 6.45) is 0. The van der Waals surface area contributed by atoms with Crippen LogP contribution in [0.4, 0.5) is 4.39 Å². The predicted octanol–water partition coefficient (Wildman–Crippen LogP) is 2.73. The lowest BCUT2D eigenvalue weighted by Gasteiger charge is -2.33. The van der Waals surface area contributed by atoms with Crippen LogP contribution in [0.2, 0.25) is 0 Å². The predicted molar refractivity (Wildman–Crippen MR) is 73.7 cm³/mol. The number of rotatable bonds is 4. The standard InChI is InChI=1S/C15H23FN2/c1-12(2)13-3-5-14(6-4-13)15(11-16)18-9-7-17-8-10-18/h3-6,12,15,17H,7-11H2,1-2H3/t15-/m1/s1. The summed E-state index contributed by atoms with van der Waals surface area (Å²) in [4.78, 5) is 2.24. The van der Waals surface area contributed by atoms with Crippen molar-refractivity contribution in [1.29, 1.82) is 0 Å². The average molecular weight is 250 g/mol. The van der Waals surface area contributed by atoms with Crippen molar-refractivity contribution in [3.05, 3.63) is 35.4 Å². The van der Waals surface area contributed by atoms with Gasteiger partial charge >= 0.3 is 0 Å². The summed E-state index contributed by atoms with van der Waals surface area (Å²) in [6.45, 7) is 7.83. The van der Waals surface area contributed by atoms with E-state index in [0.29, 0.717) is 5.92 Å². The molecule has 0 aromatic heterocycles. The molecular weight excluding hydrogens is 227 g/mol. The molecule has 3 heteroatoms. The van der Waals surface area contributed by atoms with Crippen molar-refractivity contribution in [1.82, 2.24) is 10.2 Å². The minimum absolute atomic E-state index is 0.0756. The van der Waals surface area contributed by atoms with Gasteiger partial charge in [-0.2, -0.15) is 0 Å². The fourth-order valence-electron chi connectivity index (χ4n) is 2.49. The van der Waals surface area contributed by atoms with Gasteiger partial charge in [0, 0.05) is 26.2 Å². The summed E-state index contributed by atoms with van der Waals surface area (Å²) in [5.74, 6) is 0.530. The Morgan fingerprint density at radius 2 is 1.67 bits per heavy atom. The van der Waals surface area contributed by atoms with Crippen LogP contribution in [0.5, 0.6) is 0 Å². The lowest BCUT2D eigenvalue weighted by Crippen LogP contribution is -2.45. The number of nitrogens with one attached hydrogen (secondary N) is 1. The first-order valence-corrected chi connectivity index (χ1v) is 6.83. The third-order valence-corrected chi connectivity index (χ3v) is 3.73. The minimum atomic E-state index is -0.305. The molecule has 1 aliphatic heterocycles. The van der Waals surface area contributed by atoms with Crippen molar-refractivity contribution in [2.45, 2.75) is 25.8 Å². The van der Waals surface area contributed by atoms with Crippen LogP contribution in [-0.2, 0) is 0 Å². The molecule has 0 amide bonds. The van der Waals surface area contributed by atoms with Crippen molar-refractivity contribution in [3.63, 3.8) is 0 Å². The monoisotopic (exact) mass is 250 g/mol. The molecule has 0 spiro atoms. The van der Waals surface area contributed by atoms with Gasteiger partial charge in [-0.15, -0.1) is 0 Å². The molecule has 100 valence electrons. The van der Waals surface area contributed by atoms with Gasteiger partial charge in [-0.05, 0) is 17.0 Å². The summed E-state index contributed by atoms with van der Waals surface area (Å²) in [5.41, 5.74) is 2.42. The van der Waals surface area contributed by atoms with E-state index in [-0.39, 0.29) is 12.7 Å². The fraction of sp³-hybridized carbons (Fsp3) is 0.600. The number of hydrogen-bond acceptors (Lipinski definition) is 2. The van der Waals surface area contributed by atoms with E-state index in [0.717, 1.165) is 31.7 Å². The molecule has 1 aromatic carbocycles. The molecule has 1 aromatic rings. The van der Waals surface area contributed by atoms with Crippen LogP contribution in [0.1, 0.15) is 36.9 Å². The van der Waals surface area contributed by atoms with Gasteiger partial charge in [-0.3, -0.25) is 4.90 Å². The molecular formula is C15H23FN2. The van der Waals surface area contributed by atoms with Gasteiger partial charge in [0.25, 0.3) is 0 Å². The maximum atomic E-state index is 13.3. The Bertz CT molecular complexity index is 355. The number of piperazine rings is 1. The molecule has 2 nitrogen and oxygen atoms in total. The van der Waals surface area contributed by atoms with Gasteiger partial charge in [0.1, 0.15) is 6.67 Å². The quantitative estimate of drug-likeness (QED) is 0.884. The van der Waals surface area contributed by atoms with Crippen molar-refractivity contribution in [2.75, 3.05) is 32.9 Å². The van der Waals surface area contributed by atoms with Gasteiger partial charge in [-0.1, -0.05) is 38.1 Å². The molecule has 1 aliphatic rings. The largest absolute Gasteiger partial charge is 0.314 e. The number of halogens is 1. The van der Waals surface area contributed by atoms with Gasteiger partial charge in [0.15, 0.2) is 0 Å². The Morgan fingerprint density at radius 1 is 1.11 bits per heavy atom. The van der Waals surface area contributed by atoms with Crippen molar-refractivity contribution >= 4 is 0 Å². The maximum Gasteiger partial charge on any atom is 0.109 e. The van der Waals surface area contributed by atoms with Crippen LogP contribution < -0.4 is 5.32 Å². The number of benzene rings is 1. The highest BCUT2D eigenvalue weighted by Gasteiger charge is 2.21. The molecule has 0 radical (unpaired) electrons. The SMILES string of the molecule is CC(C)c1ccc([C@@H](CF)N2CCNCC2)cc1. The molecule has 2 rings (SSSR count). The number of hydrogen-bond donors (Lipinski definition) is 1. The third-order valence-electron chi connectivity index (χ3n) is 3.73. The lowest BCUT2D eigenvalue weighted by molar-refractivity contribution is 0.147. The first-order chi connectivity index (χ1) is 8.72. The summed E-state index contributed by atoms with van der Waals surface area (Å²) in [6, 6.07) is 8.35. The van der Waals surface area contributed by atoms with E-state index >= 15 is 0 Å². The van der Waals surface area contributed by atoms with Gasteiger partial charge in [0.2, 0.25) is 0 Å². The number of alkyl halides is 1. The molecule has 0 aliphatic carbocycles. The van der Waals surface area contributed by atoms with Crippen LogP contribution in [0.3, 0.4) is 0 Å². The molecule has 1 heterocycles. The Morgan fingerprint density at radius 3 is 2.17 bits per heavy atom. The Hall–Kier alpha value is -0.930. The summed E-state index contributed by atoms with van der Waals surface area (Å²) >= 11 is 0. The van der Waals surface area contributed by atoms with E-state index in [1.807, 2.05) is 0 Å². The molecule has 0 bridgehead atoms. The first kappa shape index (κ1) is 13.5. The van der Waals surface area contributed by atoms with Crippen LogP contribution in [-0.4, -0.2) is 37.8 Å². The summed E-state index contributed by atoms with van der Waals surface area (Å²) < 4.78 is 13.3. The maximum absolute atomic E-state index is 13.3. The topological polar surface area (TPSA) is 15.3 Å². The fourth-order valence-corrected chi connectivity index (χ4v) is 2.49. The highest BCUT2D eigenvalue weighted by Crippen LogP contribution is 2.24. The van der Waals surface area contributed by atoms with Crippen LogP contribution in [0.15, 0.2) is 24.3 Å². The number of nitrogens with zero attached hydrogens (tertiary/aromatic N) is 1. The second-order valence-corrected chi connectivity index (χ2v) is 5.28. The Kier molecular flexibility index (Phi) is 4.72. The Balaban J connectivity index is 2.11. The lowest BCUT2D eigenvalue weighted by atomic mass is 9.98. The second kappa shape index (κ2) is 6.30. The molecule has 1 saturated heterocycles. The molecule has 1 atom stereocenters. The van der Waals surface area contributed by atoms with E-state index in [9.17, 15) is 4.39 Å². The van der Waals surface area contributed by atoms with E-state index in [1.165, 1.54) is 5.56 Å². The zero-order chi connectivity index (χ0) is 13.0. The van der Waals surface area contributed by atoms with Crippen LogP contribution >= 0.6 is 0 Å². The normalized spacial score (nSPS) is 19.1. The van der Waals surface area contributed by atoms with Crippen molar-refractivity contribution in [3.8, 4) is 0 Å². The minimum Gasteiger partial charge on any atom is -0.314 e. The molecule has 0 saturated carbocycles. The van der Waals surface area contributed by atoms with Gasteiger partial charge < -0.3 is 5.32 Å². The highest BCUT2D eigenvalue weighted by atomic mass is 19.1. The smallest absolute Gasteiger partial charge is 0.109 e. The molecule has 1 N–H and O–H groups in total. The molecule has 1 fully saturated rings. The van der Waals surface area contributed by atoms with Crippen molar-refractivity contribution < 1.29 is 4.39 Å². The zero-order valence-corrected chi connectivity index (χ0v) is 11.3. The average Bonchev–Trinajstić information content (AvgIpc) is 2.41. The van der Waals surface area contributed by atoms with E-state index in [4.69, 9.17) is 0 Å². The van der Waals surface area contributed by atoms with Crippen LogP contribution in [0.25, 0.3) is 0 Å². The third kappa shape index (κ3) is 3.09. The van der Waals surface area contributed by atoms with Crippen molar-refractivity contribution in [2.24, 2.45) is 0 Å².